The fourth-order valence-corrected chi connectivity index (χ4v) is 6.07. The number of anilines is 2. The number of sulfone groups is 1. The van der Waals surface area contributed by atoms with Crippen molar-refractivity contribution in [3.05, 3.63) is 63.7 Å². The summed E-state index contributed by atoms with van der Waals surface area (Å²) < 4.78 is 69.4. The maximum atomic E-state index is 13.3. The van der Waals surface area contributed by atoms with Gasteiger partial charge in [0, 0.05) is 32.9 Å². The van der Waals surface area contributed by atoms with Crippen molar-refractivity contribution < 1.29 is 30.9 Å². The Bertz CT molecular complexity index is 1480. The van der Waals surface area contributed by atoms with Crippen LogP contribution in [0, 0.1) is 0 Å². The first kappa shape index (κ1) is 30.1. The molecule has 0 unspecified atom stereocenters. The average molecular weight is 619 g/mol. The number of carbonyl (C=O) groups is 1. The fourth-order valence-electron chi connectivity index (χ4n) is 4.34. The Balaban J connectivity index is 1.53. The topological polar surface area (TPSA) is 105 Å². The Kier molecular flexibility index (Phi) is 8.45. The minimum absolute atomic E-state index is 0.0192. The van der Waals surface area contributed by atoms with Crippen molar-refractivity contribution >= 4 is 50.3 Å². The maximum absolute atomic E-state index is 13.3. The number of carbonyl (C=O) groups excluding carboxylic acids is 1. The molecule has 216 valence electrons. The molecule has 0 aliphatic heterocycles. The molecule has 1 aliphatic rings. The van der Waals surface area contributed by atoms with Crippen LogP contribution in [0.1, 0.15) is 56.8 Å². The second-order valence-corrected chi connectivity index (χ2v) is 13.0. The smallest absolute Gasteiger partial charge is 0.353 e. The third-order valence-corrected chi connectivity index (χ3v) is 8.91. The highest BCUT2D eigenvalue weighted by molar-refractivity contribution is 7.91. The van der Waals surface area contributed by atoms with E-state index in [2.05, 4.69) is 15.5 Å². The van der Waals surface area contributed by atoms with Gasteiger partial charge in [0.2, 0.25) is 11.8 Å². The zero-order valence-corrected chi connectivity index (χ0v) is 24.2. The van der Waals surface area contributed by atoms with E-state index >= 15 is 0 Å². The number of nitrogens with one attached hydrogen (secondary N) is 1. The molecule has 0 bridgehead atoms. The summed E-state index contributed by atoms with van der Waals surface area (Å²) in [6, 6.07) is 7.86. The van der Waals surface area contributed by atoms with Gasteiger partial charge in [-0.3, -0.25) is 4.79 Å². The highest BCUT2D eigenvalue weighted by Gasteiger charge is 2.52. The number of hydrogen-bond donors (Lipinski definition) is 1. The summed E-state index contributed by atoms with van der Waals surface area (Å²) in [5, 5.41) is 7.15. The molecule has 0 saturated heterocycles. The molecule has 1 N–H and O–H groups in total. The summed E-state index contributed by atoms with van der Waals surface area (Å²) >= 11 is 13.2. The maximum Gasteiger partial charge on any atom is 0.405 e. The van der Waals surface area contributed by atoms with Gasteiger partial charge in [-0.2, -0.15) is 18.2 Å². The second kappa shape index (κ2) is 11.2. The molecule has 1 aromatic heterocycles. The number of nitrogens with zero attached hydrogens (tertiary/aromatic N) is 3. The first-order valence-electron chi connectivity index (χ1n) is 12.4. The largest absolute Gasteiger partial charge is 0.405 e. The zero-order chi connectivity index (χ0) is 29.5. The van der Waals surface area contributed by atoms with Gasteiger partial charge in [-0.1, -0.05) is 49.1 Å². The van der Waals surface area contributed by atoms with Crippen molar-refractivity contribution in [1.82, 2.24) is 10.1 Å². The van der Waals surface area contributed by atoms with Crippen molar-refractivity contribution in [2.75, 3.05) is 29.1 Å². The molecule has 3 aromatic rings. The molecule has 1 fully saturated rings. The molecule has 0 atom stereocenters. The molecule has 2 aromatic carbocycles. The van der Waals surface area contributed by atoms with Crippen LogP contribution < -0.4 is 10.2 Å². The number of alkyl halides is 3. The Morgan fingerprint density at radius 2 is 1.75 bits per heavy atom. The number of halogens is 5. The number of benzene rings is 2. The van der Waals surface area contributed by atoms with Gasteiger partial charge in [-0.15, -0.1) is 0 Å². The van der Waals surface area contributed by atoms with Gasteiger partial charge in [0.15, 0.2) is 15.7 Å². The molecule has 40 heavy (non-hydrogen) atoms. The lowest BCUT2D eigenvalue weighted by atomic mass is 9.94. The predicted octanol–water partition coefficient (Wildman–Crippen LogP) is 6.38. The lowest BCUT2D eigenvalue weighted by molar-refractivity contribution is -0.122. The minimum Gasteiger partial charge on any atom is -0.353 e. The quantitative estimate of drug-likeness (QED) is 0.281. The number of amides is 1. The van der Waals surface area contributed by atoms with Crippen LogP contribution in [0.25, 0.3) is 0 Å². The van der Waals surface area contributed by atoms with E-state index in [4.69, 9.17) is 27.7 Å². The Morgan fingerprint density at radius 1 is 1.15 bits per heavy atom. The minimum atomic E-state index is -4.62. The fraction of sp³-hybridized carbons (Fsp3) is 0.423. The van der Waals surface area contributed by atoms with Gasteiger partial charge in [0.05, 0.1) is 22.6 Å². The van der Waals surface area contributed by atoms with Crippen LogP contribution in [0.5, 0.6) is 0 Å². The summed E-state index contributed by atoms with van der Waals surface area (Å²) in [6.07, 6.45) is -3.23. The zero-order valence-electron chi connectivity index (χ0n) is 21.8. The van der Waals surface area contributed by atoms with E-state index in [1.54, 1.807) is 0 Å². The SMILES string of the molecule is CCS(=O)(=O)c1ccc(N(CC(=O)Nc2cc(Cl)c(C3(c4noc(C(C)C)n4)CC3)c(Cl)c2)CC(F)(F)F)cc1. The van der Waals surface area contributed by atoms with Gasteiger partial charge in [0.25, 0.3) is 0 Å². The van der Waals surface area contributed by atoms with E-state index in [9.17, 15) is 26.4 Å². The van der Waals surface area contributed by atoms with Crippen molar-refractivity contribution in [2.24, 2.45) is 0 Å². The van der Waals surface area contributed by atoms with Crippen molar-refractivity contribution in [3.8, 4) is 0 Å². The van der Waals surface area contributed by atoms with Crippen molar-refractivity contribution in [1.29, 1.82) is 0 Å². The van der Waals surface area contributed by atoms with Gasteiger partial charge < -0.3 is 14.7 Å². The molecule has 14 heteroatoms. The first-order valence-corrected chi connectivity index (χ1v) is 14.8. The van der Waals surface area contributed by atoms with Crippen molar-refractivity contribution in [2.45, 2.75) is 56.0 Å². The number of hydrogen-bond acceptors (Lipinski definition) is 7. The van der Waals surface area contributed by atoms with E-state index in [0.29, 0.717) is 30.1 Å². The van der Waals surface area contributed by atoms with Crippen LogP contribution in [0.4, 0.5) is 24.5 Å². The predicted molar refractivity (Wildman–Crippen MR) is 146 cm³/mol. The normalized spacial score (nSPS) is 14.8. The summed E-state index contributed by atoms with van der Waals surface area (Å²) in [7, 11) is -3.54. The Labute approximate surface area is 239 Å². The molecule has 4 rings (SSSR count). The average Bonchev–Trinajstić information content (AvgIpc) is 3.47. The molecule has 8 nitrogen and oxygen atoms in total. The Hall–Kier alpha value is -2.83. The standard InChI is InChI=1S/C26H27Cl2F3N4O4S/c1-4-40(37,38)18-7-5-17(6-8-18)35(14-26(29,30)31)13-21(36)32-16-11-19(27)22(20(28)12-16)25(9-10-25)24-33-23(15(2)3)39-34-24/h5-8,11-12,15H,4,9-10,13-14H2,1-3H3,(H,32,36). The van der Waals surface area contributed by atoms with Crippen LogP contribution in [0.3, 0.4) is 0 Å². The number of rotatable bonds is 10. The van der Waals surface area contributed by atoms with Gasteiger partial charge in [-0.25, -0.2) is 8.42 Å². The molecule has 1 amide bonds. The molecule has 1 heterocycles. The summed E-state index contributed by atoms with van der Waals surface area (Å²) in [5.41, 5.74) is 0.206. The van der Waals surface area contributed by atoms with Crippen LogP contribution in [0.2, 0.25) is 10.0 Å². The lowest BCUT2D eigenvalue weighted by Crippen LogP contribution is -2.39. The third-order valence-electron chi connectivity index (χ3n) is 6.56. The number of aromatic nitrogens is 2. The van der Waals surface area contributed by atoms with E-state index in [1.165, 1.54) is 43.3 Å². The van der Waals surface area contributed by atoms with Crippen LogP contribution in [-0.2, 0) is 20.0 Å². The monoisotopic (exact) mass is 618 g/mol. The summed E-state index contributed by atoms with van der Waals surface area (Å²) in [6.45, 7) is 3.23. The highest BCUT2D eigenvalue weighted by Crippen LogP contribution is 2.56. The van der Waals surface area contributed by atoms with Crippen LogP contribution in [0.15, 0.2) is 45.8 Å². The molecule has 0 spiro atoms. The second-order valence-electron chi connectivity index (χ2n) is 9.92. The highest BCUT2D eigenvalue weighted by atomic mass is 35.5. The molecular formula is C26H27Cl2F3N4O4S. The molecule has 0 radical (unpaired) electrons. The lowest BCUT2D eigenvalue weighted by Gasteiger charge is -2.26. The third kappa shape index (κ3) is 6.55. The van der Waals surface area contributed by atoms with Crippen LogP contribution in [-0.4, -0.2) is 49.5 Å². The Morgan fingerprint density at radius 3 is 2.23 bits per heavy atom. The van der Waals surface area contributed by atoms with Gasteiger partial charge in [0.1, 0.15) is 6.54 Å². The molecule has 1 aliphatic carbocycles. The van der Waals surface area contributed by atoms with Gasteiger partial charge >= 0.3 is 6.18 Å². The van der Waals surface area contributed by atoms with Gasteiger partial charge in [-0.05, 0) is 49.2 Å². The first-order chi connectivity index (χ1) is 18.6. The van der Waals surface area contributed by atoms with E-state index in [0.717, 1.165) is 4.90 Å². The van der Waals surface area contributed by atoms with E-state index in [-0.39, 0.29) is 38.0 Å². The van der Waals surface area contributed by atoms with Crippen molar-refractivity contribution in [3.63, 3.8) is 0 Å². The summed E-state index contributed by atoms with van der Waals surface area (Å²) in [5.74, 6) is 0.0926. The summed E-state index contributed by atoms with van der Waals surface area (Å²) in [4.78, 5) is 18.1. The van der Waals surface area contributed by atoms with Crippen LogP contribution >= 0.6 is 23.2 Å². The van der Waals surface area contributed by atoms with E-state index < -0.39 is 40.4 Å². The van der Waals surface area contributed by atoms with E-state index in [1.807, 2.05) is 13.8 Å². The molecular weight excluding hydrogens is 592 g/mol. The molecule has 1 saturated carbocycles.